The van der Waals surface area contributed by atoms with Crippen molar-refractivity contribution in [1.82, 2.24) is 14.5 Å². The minimum Gasteiger partial charge on any atom is -0.309 e. The van der Waals surface area contributed by atoms with Gasteiger partial charge >= 0.3 is 0 Å². The van der Waals surface area contributed by atoms with Crippen LogP contribution in [0.25, 0.3) is 89.0 Å². The second-order valence-corrected chi connectivity index (χ2v) is 12.9. The summed E-state index contributed by atoms with van der Waals surface area (Å²) in [6.45, 7) is 0. The van der Waals surface area contributed by atoms with Crippen LogP contribution in [-0.4, -0.2) is 14.5 Å². The predicted molar refractivity (Wildman–Crippen MR) is 205 cm³/mol. The van der Waals surface area contributed by atoms with E-state index in [0.717, 1.165) is 52.4 Å². The molecule has 3 nitrogen and oxygen atoms in total. The molecule has 0 saturated heterocycles. The SMILES string of the molecule is C1=Cc2cc(-c3cc(-c4ccccc4)nc(-c4ccc(-n5c6ccc7ccccc7c6c6c7ccccc7ccc65)cc4)n3)ccc2CC1. The van der Waals surface area contributed by atoms with Crippen LogP contribution in [-0.2, 0) is 6.42 Å². The molecule has 0 atom stereocenters. The summed E-state index contributed by atoms with van der Waals surface area (Å²) < 4.78 is 2.40. The van der Waals surface area contributed by atoms with E-state index in [9.17, 15) is 0 Å². The van der Waals surface area contributed by atoms with E-state index in [1.807, 2.05) is 6.07 Å². The Morgan fingerprint density at radius 2 is 1.10 bits per heavy atom. The Labute approximate surface area is 284 Å². The maximum absolute atomic E-state index is 5.17. The molecule has 0 saturated carbocycles. The predicted octanol–water partition coefficient (Wildman–Crippen LogP) is 11.8. The molecule has 9 aromatic rings. The van der Waals surface area contributed by atoms with Gasteiger partial charge < -0.3 is 4.57 Å². The highest BCUT2D eigenvalue weighted by Gasteiger charge is 2.18. The van der Waals surface area contributed by atoms with E-state index in [-0.39, 0.29) is 0 Å². The number of allylic oxidation sites excluding steroid dienone is 1. The molecule has 1 aliphatic carbocycles. The Balaban J connectivity index is 1.15. The Hall–Kier alpha value is -6.32. The average molecular weight is 626 g/mol. The van der Waals surface area contributed by atoms with Crippen molar-refractivity contribution < 1.29 is 0 Å². The molecule has 2 heterocycles. The van der Waals surface area contributed by atoms with E-state index in [2.05, 4.69) is 162 Å². The quantitative estimate of drug-likeness (QED) is 0.195. The largest absolute Gasteiger partial charge is 0.309 e. The lowest BCUT2D eigenvalue weighted by Crippen LogP contribution is -1.99. The molecule has 0 unspecified atom stereocenters. The van der Waals surface area contributed by atoms with E-state index < -0.39 is 0 Å². The minimum absolute atomic E-state index is 0.718. The summed E-state index contributed by atoms with van der Waals surface area (Å²) in [5.41, 5.74) is 11.2. The summed E-state index contributed by atoms with van der Waals surface area (Å²) in [6, 6.07) is 54.4. The molecule has 0 radical (unpaired) electrons. The van der Waals surface area contributed by atoms with Crippen LogP contribution < -0.4 is 0 Å². The van der Waals surface area contributed by atoms with Crippen LogP contribution in [0, 0.1) is 0 Å². The molecule has 10 rings (SSSR count). The van der Waals surface area contributed by atoms with E-state index in [1.54, 1.807) is 0 Å². The Morgan fingerprint density at radius 3 is 1.80 bits per heavy atom. The molecule has 2 aromatic heterocycles. The number of rotatable bonds is 4. The van der Waals surface area contributed by atoms with Crippen LogP contribution in [0.3, 0.4) is 0 Å². The average Bonchev–Trinajstić information content (AvgIpc) is 3.53. The van der Waals surface area contributed by atoms with Crippen molar-refractivity contribution in [3.05, 3.63) is 169 Å². The number of hydrogen-bond acceptors (Lipinski definition) is 2. The van der Waals surface area contributed by atoms with Gasteiger partial charge in [-0.3, -0.25) is 0 Å². The van der Waals surface area contributed by atoms with Crippen molar-refractivity contribution in [3.63, 3.8) is 0 Å². The summed E-state index contributed by atoms with van der Waals surface area (Å²) in [6.07, 6.45) is 6.68. The maximum Gasteiger partial charge on any atom is 0.160 e. The van der Waals surface area contributed by atoms with E-state index in [1.165, 1.54) is 54.5 Å². The normalized spacial score (nSPS) is 12.7. The third kappa shape index (κ3) is 4.58. The monoisotopic (exact) mass is 625 g/mol. The zero-order chi connectivity index (χ0) is 32.3. The number of aromatic nitrogens is 3. The van der Waals surface area contributed by atoms with Crippen molar-refractivity contribution >= 4 is 49.4 Å². The molecule has 1 aliphatic rings. The molecule has 0 amide bonds. The van der Waals surface area contributed by atoms with Crippen molar-refractivity contribution in [2.24, 2.45) is 0 Å². The number of hydrogen-bond donors (Lipinski definition) is 0. The van der Waals surface area contributed by atoms with Gasteiger partial charge in [-0.2, -0.15) is 0 Å². The van der Waals surface area contributed by atoms with Crippen molar-refractivity contribution in [1.29, 1.82) is 0 Å². The first-order valence-electron chi connectivity index (χ1n) is 17.0. The lowest BCUT2D eigenvalue weighted by Gasteiger charge is -2.14. The highest BCUT2D eigenvalue weighted by atomic mass is 15.0. The second-order valence-electron chi connectivity index (χ2n) is 12.9. The van der Waals surface area contributed by atoms with Gasteiger partial charge in [0.05, 0.1) is 22.4 Å². The topological polar surface area (TPSA) is 30.7 Å². The Kier molecular flexibility index (Phi) is 6.31. The number of fused-ring (bicyclic) bond motifs is 8. The van der Waals surface area contributed by atoms with Gasteiger partial charge in [0.15, 0.2) is 5.82 Å². The van der Waals surface area contributed by atoms with Gasteiger partial charge in [0.2, 0.25) is 0 Å². The molecule has 0 bridgehead atoms. The van der Waals surface area contributed by atoms with Gasteiger partial charge in [-0.15, -0.1) is 0 Å². The second kappa shape index (κ2) is 11.1. The van der Waals surface area contributed by atoms with Gasteiger partial charge in [-0.1, -0.05) is 115 Å². The van der Waals surface area contributed by atoms with Gasteiger partial charge in [-0.05, 0) is 94.0 Å². The molecule has 7 aromatic carbocycles. The molecular formula is C46H31N3. The summed E-state index contributed by atoms with van der Waals surface area (Å²) in [4.78, 5) is 10.3. The third-order valence-electron chi connectivity index (χ3n) is 10.0. The van der Waals surface area contributed by atoms with Crippen molar-refractivity contribution in [3.8, 4) is 39.6 Å². The number of aryl methyl sites for hydroxylation is 1. The molecule has 0 fully saturated rings. The first-order valence-corrected chi connectivity index (χ1v) is 17.0. The molecule has 0 spiro atoms. The fraction of sp³-hybridized carbons (Fsp3) is 0.0435. The molecule has 49 heavy (non-hydrogen) atoms. The zero-order valence-corrected chi connectivity index (χ0v) is 26.8. The fourth-order valence-corrected chi connectivity index (χ4v) is 7.65. The smallest absolute Gasteiger partial charge is 0.160 e. The van der Waals surface area contributed by atoms with Gasteiger partial charge in [-0.25, -0.2) is 9.97 Å². The summed E-state index contributed by atoms with van der Waals surface area (Å²) in [5.74, 6) is 0.718. The molecule has 0 N–H and O–H groups in total. The summed E-state index contributed by atoms with van der Waals surface area (Å²) in [5, 5.41) is 7.62. The van der Waals surface area contributed by atoms with Gasteiger partial charge in [0, 0.05) is 33.2 Å². The molecule has 3 heteroatoms. The van der Waals surface area contributed by atoms with Crippen molar-refractivity contribution in [2.45, 2.75) is 12.8 Å². The zero-order valence-electron chi connectivity index (χ0n) is 26.8. The Morgan fingerprint density at radius 1 is 0.490 bits per heavy atom. The van der Waals surface area contributed by atoms with Crippen LogP contribution in [0.15, 0.2) is 158 Å². The minimum atomic E-state index is 0.718. The third-order valence-corrected chi connectivity index (χ3v) is 10.0. The van der Waals surface area contributed by atoms with E-state index in [4.69, 9.17) is 9.97 Å². The van der Waals surface area contributed by atoms with Gasteiger partial charge in [0.1, 0.15) is 0 Å². The fourth-order valence-electron chi connectivity index (χ4n) is 7.65. The lowest BCUT2D eigenvalue weighted by atomic mass is 9.94. The van der Waals surface area contributed by atoms with Crippen LogP contribution >= 0.6 is 0 Å². The lowest BCUT2D eigenvalue weighted by molar-refractivity contribution is 0.986. The van der Waals surface area contributed by atoms with Crippen LogP contribution in [0.2, 0.25) is 0 Å². The van der Waals surface area contributed by atoms with Crippen molar-refractivity contribution in [2.75, 3.05) is 0 Å². The first-order chi connectivity index (χ1) is 24.3. The Bertz CT molecular complexity index is 2660. The maximum atomic E-state index is 5.17. The number of nitrogens with zero attached hydrogens (tertiary/aromatic N) is 3. The standard InChI is InChI=1S/C46H31N3/c1-2-13-33(14-3-1)40-29-41(36-19-18-30-10-4-5-15-35(30)28-36)48-46(47-40)34-20-24-37(25-21-34)49-42-26-22-31-11-6-8-16-38(31)44(42)45-39-17-9-7-12-32(39)23-27-43(45)49/h1-3,5-9,11-29H,4,10H2. The summed E-state index contributed by atoms with van der Waals surface area (Å²) >= 11 is 0. The number of benzene rings is 7. The van der Waals surface area contributed by atoms with Crippen LogP contribution in [0.5, 0.6) is 0 Å². The van der Waals surface area contributed by atoms with E-state index >= 15 is 0 Å². The molecule has 0 aliphatic heterocycles. The molecular weight excluding hydrogens is 595 g/mol. The van der Waals surface area contributed by atoms with Crippen LogP contribution in [0.4, 0.5) is 0 Å². The van der Waals surface area contributed by atoms with Crippen LogP contribution in [0.1, 0.15) is 17.5 Å². The highest BCUT2D eigenvalue weighted by Crippen LogP contribution is 2.41. The first kappa shape index (κ1) is 27.8. The highest BCUT2D eigenvalue weighted by molar-refractivity contribution is 6.28. The molecule has 230 valence electrons. The van der Waals surface area contributed by atoms with Gasteiger partial charge in [0.25, 0.3) is 0 Å². The summed E-state index contributed by atoms with van der Waals surface area (Å²) in [7, 11) is 0. The van der Waals surface area contributed by atoms with E-state index in [0.29, 0.717) is 0 Å².